The van der Waals surface area contributed by atoms with Crippen LogP contribution in [0.3, 0.4) is 0 Å². The third kappa shape index (κ3) is 2.12. The van der Waals surface area contributed by atoms with Crippen LogP contribution in [0, 0.1) is 5.92 Å². The van der Waals surface area contributed by atoms with E-state index in [9.17, 15) is 9.59 Å². The molecule has 0 aromatic carbocycles. The highest BCUT2D eigenvalue weighted by Gasteiger charge is 2.33. The van der Waals surface area contributed by atoms with E-state index < -0.39 is 11.9 Å². The molecule has 1 amide bonds. The fourth-order valence-corrected chi connectivity index (χ4v) is 3.18. The Morgan fingerprint density at radius 2 is 2.17 bits per heavy atom. The zero-order valence-corrected chi connectivity index (χ0v) is 10.7. The molecular formula is C12H14N2O3S. The summed E-state index contributed by atoms with van der Waals surface area (Å²) in [4.78, 5) is 29.0. The summed E-state index contributed by atoms with van der Waals surface area (Å²) in [6.07, 6.45) is 2.89. The van der Waals surface area contributed by atoms with Crippen molar-refractivity contribution in [3.05, 3.63) is 16.1 Å². The lowest BCUT2D eigenvalue weighted by Gasteiger charge is -2.13. The number of hydrogen-bond acceptors (Lipinski definition) is 4. The molecule has 1 saturated carbocycles. The number of nitrogens with zero attached hydrogens (tertiary/aromatic N) is 2. The molecule has 2 fully saturated rings. The highest BCUT2D eigenvalue weighted by molar-refractivity contribution is 7.10. The average Bonchev–Trinajstić information content (AvgIpc) is 2.92. The summed E-state index contributed by atoms with van der Waals surface area (Å²) >= 11 is 1.54. The van der Waals surface area contributed by atoms with Crippen LogP contribution < -0.4 is 0 Å². The normalized spacial score (nSPS) is 23.3. The molecule has 1 atom stereocenters. The summed E-state index contributed by atoms with van der Waals surface area (Å²) < 4.78 is 0. The second kappa shape index (κ2) is 4.35. The maximum Gasteiger partial charge on any atom is 0.308 e. The lowest BCUT2D eigenvalue weighted by Crippen LogP contribution is -2.30. The minimum atomic E-state index is -0.817. The SMILES string of the molecule is O=C(O)[C@@H]1CCN(C(=O)c2csc(C3CC3)n2)C1. The number of carbonyl (C=O) groups excluding carboxylic acids is 1. The second-order valence-corrected chi connectivity index (χ2v) is 5.81. The first kappa shape index (κ1) is 11.6. The van der Waals surface area contributed by atoms with E-state index in [0.29, 0.717) is 31.1 Å². The van der Waals surface area contributed by atoms with Crippen LogP contribution in [-0.2, 0) is 4.79 Å². The maximum absolute atomic E-state index is 12.1. The first-order valence-electron chi connectivity index (χ1n) is 6.12. The van der Waals surface area contributed by atoms with Gasteiger partial charge in [-0.1, -0.05) is 0 Å². The smallest absolute Gasteiger partial charge is 0.308 e. The maximum atomic E-state index is 12.1. The molecule has 1 N–H and O–H groups in total. The van der Waals surface area contributed by atoms with Crippen LogP contribution in [0.1, 0.15) is 40.7 Å². The third-order valence-corrected chi connectivity index (χ3v) is 4.50. The lowest BCUT2D eigenvalue weighted by molar-refractivity contribution is -0.141. The Balaban J connectivity index is 1.68. The summed E-state index contributed by atoms with van der Waals surface area (Å²) in [5.74, 6) is -0.804. The molecule has 3 rings (SSSR count). The zero-order chi connectivity index (χ0) is 12.7. The van der Waals surface area contributed by atoms with Crippen molar-refractivity contribution in [1.29, 1.82) is 0 Å². The van der Waals surface area contributed by atoms with Gasteiger partial charge in [-0.05, 0) is 19.3 Å². The molecule has 96 valence electrons. The van der Waals surface area contributed by atoms with Gasteiger partial charge in [-0.2, -0.15) is 0 Å². The van der Waals surface area contributed by atoms with E-state index >= 15 is 0 Å². The monoisotopic (exact) mass is 266 g/mol. The summed E-state index contributed by atoms with van der Waals surface area (Å²) in [6.45, 7) is 0.830. The number of hydrogen-bond donors (Lipinski definition) is 1. The first-order valence-corrected chi connectivity index (χ1v) is 7.00. The van der Waals surface area contributed by atoms with Gasteiger partial charge in [0.2, 0.25) is 0 Å². The number of rotatable bonds is 3. The van der Waals surface area contributed by atoms with E-state index in [-0.39, 0.29) is 5.91 Å². The topological polar surface area (TPSA) is 70.5 Å². The molecule has 0 unspecified atom stereocenters. The number of aromatic nitrogens is 1. The molecule has 1 saturated heterocycles. The first-order chi connectivity index (χ1) is 8.65. The van der Waals surface area contributed by atoms with Crippen LogP contribution in [0.4, 0.5) is 0 Å². The predicted molar refractivity (Wildman–Crippen MR) is 65.7 cm³/mol. The fourth-order valence-electron chi connectivity index (χ4n) is 2.21. The largest absolute Gasteiger partial charge is 0.481 e. The second-order valence-electron chi connectivity index (χ2n) is 4.92. The van der Waals surface area contributed by atoms with Gasteiger partial charge in [0.05, 0.1) is 10.9 Å². The molecule has 1 aliphatic carbocycles. The molecule has 2 aliphatic rings. The van der Waals surface area contributed by atoms with Crippen LogP contribution >= 0.6 is 11.3 Å². The molecule has 2 heterocycles. The van der Waals surface area contributed by atoms with Crippen LogP contribution in [0.5, 0.6) is 0 Å². The molecular weight excluding hydrogens is 252 g/mol. The van der Waals surface area contributed by atoms with E-state index in [1.165, 1.54) is 24.2 Å². The van der Waals surface area contributed by atoms with Crippen LogP contribution in [0.25, 0.3) is 0 Å². The van der Waals surface area contributed by atoms with Crippen molar-refractivity contribution in [2.75, 3.05) is 13.1 Å². The zero-order valence-electron chi connectivity index (χ0n) is 9.83. The van der Waals surface area contributed by atoms with Gasteiger partial charge in [0.25, 0.3) is 5.91 Å². The lowest BCUT2D eigenvalue weighted by atomic mass is 10.1. The van der Waals surface area contributed by atoms with Gasteiger partial charge in [0.15, 0.2) is 0 Å². The number of thiazole rings is 1. The average molecular weight is 266 g/mol. The van der Waals surface area contributed by atoms with Crippen LogP contribution in [0.15, 0.2) is 5.38 Å². The van der Waals surface area contributed by atoms with E-state index in [0.717, 1.165) is 5.01 Å². The van der Waals surface area contributed by atoms with E-state index in [1.807, 2.05) is 0 Å². The van der Waals surface area contributed by atoms with Gasteiger partial charge < -0.3 is 10.0 Å². The Bertz CT molecular complexity index is 495. The summed E-state index contributed by atoms with van der Waals surface area (Å²) in [7, 11) is 0. The quantitative estimate of drug-likeness (QED) is 0.901. The number of carbonyl (C=O) groups is 2. The van der Waals surface area contributed by atoms with Gasteiger partial charge in [0, 0.05) is 24.4 Å². The van der Waals surface area contributed by atoms with Crippen LogP contribution in [0.2, 0.25) is 0 Å². The molecule has 0 spiro atoms. The van der Waals surface area contributed by atoms with E-state index in [1.54, 1.807) is 10.3 Å². The molecule has 6 heteroatoms. The van der Waals surface area contributed by atoms with Crippen molar-refractivity contribution >= 4 is 23.2 Å². The third-order valence-electron chi connectivity index (χ3n) is 3.49. The van der Waals surface area contributed by atoms with Gasteiger partial charge in [-0.15, -0.1) is 11.3 Å². The Morgan fingerprint density at radius 1 is 1.39 bits per heavy atom. The summed E-state index contributed by atoms with van der Waals surface area (Å²) in [5, 5.41) is 11.8. The Labute approximate surface area is 108 Å². The molecule has 1 aromatic rings. The van der Waals surface area contributed by atoms with Gasteiger partial charge in [0.1, 0.15) is 5.69 Å². The molecule has 5 nitrogen and oxygen atoms in total. The highest BCUT2D eigenvalue weighted by Crippen LogP contribution is 2.41. The summed E-state index contributed by atoms with van der Waals surface area (Å²) in [6, 6.07) is 0. The van der Waals surface area contributed by atoms with Crippen molar-refractivity contribution in [2.24, 2.45) is 5.92 Å². The number of amides is 1. The van der Waals surface area contributed by atoms with Crippen molar-refractivity contribution in [3.8, 4) is 0 Å². The van der Waals surface area contributed by atoms with Gasteiger partial charge >= 0.3 is 5.97 Å². The Morgan fingerprint density at radius 3 is 2.78 bits per heavy atom. The molecule has 1 aromatic heterocycles. The number of aliphatic carboxylic acids is 1. The molecule has 1 aliphatic heterocycles. The molecule has 0 radical (unpaired) electrons. The van der Waals surface area contributed by atoms with Crippen molar-refractivity contribution in [1.82, 2.24) is 9.88 Å². The van der Waals surface area contributed by atoms with Crippen LogP contribution in [-0.4, -0.2) is 40.0 Å². The number of carboxylic acid groups (broad SMARTS) is 1. The Hall–Kier alpha value is -1.43. The molecule has 18 heavy (non-hydrogen) atoms. The highest BCUT2D eigenvalue weighted by atomic mass is 32.1. The fraction of sp³-hybridized carbons (Fsp3) is 0.583. The minimum Gasteiger partial charge on any atom is -0.481 e. The molecule has 0 bridgehead atoms. The number of likely N-dealkylation sites (tertiary alicyclic amines) is 1. The predicted octanol–water partition coefficient (Wildman–Crippen LogP) is 1.57. The van der Waals surface area contributed by atoms with E-state index in [2.05, 4.69) is 4.98 Å². The van der Waals surface area contributed by atoms with Crippen molar-refractivity contribution in [3.63, 3.8) is 0 Å². The standard InChI is InChI=1S/C12H14N2O3S/c15-11(14-4-3-8(5-14)12(16)17)9-6-18-10(13-9)7-1-2-7/h6-8H,1-5H2,(H,16,17)/t8-/m1/s1. The number of carboxylic acids is 1. The van der Waals surface area contributed by atoms with Crippen molar-refractivity contribution in [2.45, 2.75) is 25.2 Å². The van der Waals surface area contributed by atoms with Crippen molar-refractivity contribution < 1.29 is 14.7 Å². The summed E-state index contributed by atoms with van der Waals surface area (Å²) in [5.41, 5.74) is 0.480. The van der Waals surface area contributed by atoms with Gasteiger partial charge in [-0.3, -0.25) is 9.59 Å². The minimum absolute atomic E-state index is 0.123. The van der Waals surface area contributed by atoms with Gasteiger partial charge in [-0.25, -0.2) is 4.98 Å². The van der Waals surface area contributed by atoms with E-state index in [4.69, 9.17) is 5.11 Å². The Kier molecular flexibility index (Phi) is 2.81.